The van der Waals surface area contributed by atoms with E-state index < -0.39 is 46.3 Å². The number of hydrogen-bond donors (Lipinski definition) is 1. The summed E-state index contributed by atoms with van der Waals surface area (Å²) in [6.45, 7) is 8.17. The van der Waals surface area contributed by atoms with Crippen molar-refractivity contribution in [2.45, 2.75) is 95.1 Å². The van der Waals surface area contributed by atoms with Gasteiger partial charge in [0.2, 0.25) is 0 Å². The van der Waals surface area contributed by atoms with Gasteiger partial charge in [0.05, 0.1) is 29.8 Å². The molecule has 5 atom stereocenters. The van der Waals surface area contributed by atoms with Crippen LogP contribution in [0.2, 0.25) is 10.0 Å². The molecule has 2 heterocycles. The first kappa shape index (κ1) is 34.1. The summed E-state index contributed by atoms with van der Waals surface area (Å²) in [6, 6.07) is 8.99. The lowest BCUT2D eigenvalue weighted by Gasteiger charge is -2.38. The number of ketones is 1. The highest BCUT2D eigenvalue weighted by molar-refractivity contribution is 6.31. The summed E-state index contributed by atoms with van der Waals surface area (Å²) in [6.07, 6.45) is 1.75. The van der Waals surface area contributed by atoms with Crippen molar-refractivity contribution < 1.29 is 23.0 Å². The fraction of sp³-hybridized carbons (Fsp3) is 0.562. The number of nitriles is 1. The van der Waals surface area contributed by atoms with Crippen LogP contribution in [0.15, 0.2) is 41.5 Å². The number of carbonyl (C=O) groups excluding carboxylic acids is 1. The van der Waals surface area contributed by atoms with Crippen LogP contribution in [-0.2, 0) is 19.7 Å². The molecule has 0 aromatic heterocycles. The Morgan fingerprint density at radius 1 is 1.27 bits per heavy atom. The monoisotopic (exact) mass is 647 g/mol. The van der Waals surface area contributed by atoms with E-state index in [1.54, 1.807) is 6.07 Å². The summed E-state index contributed by atoms with van der Waals surface area (Å²) in [5, 5.41) is 18.0. The molecule has 2 aliphatic rings. The predicted octanol–water partition coefficient (Wildman–Crippen LogP) is 8.16. The van der Waals surface area contributed by atoms with Gasteiger partial charge in [-0.3, -0.25) is 4.79 Å². The van der Waals surface area contributed by atoms with Gasteiger partial charge in [-0.25, -0.2) is 8.78 Å². The Balaban J connectivity index is 1.80. The number of azide groups is 1. The van der Waals surface area contributed by atoms with Crippen LogP contribution in [0, 0.1) is 28.4 Å². The number of hydrogen-bond acceptors (Lipinski definition) is 6. The molecule has 8 nitrogen and oxygen atoms in total. The molecule has 2 aromatic rings. The summed E-state index contributed by atoms with van der Waals surface area (Å²) < 4.78 is 43.3. The highest BCUT2D eigenvalue weighted by atomic mass is 35.5. The molecule has 0 saturated carbocycles. The van der Waals surface area contributed by atoms with Crippen LogP contribution in [0.4, 0.5) is 8.78 Å². The van der Waals surface area contributed by atoms with Crippen LogP contribution in [0.3, 0.4) is 0 Å². The van der Waals surface area contributed by atoms with Crippen molar-refractivity contribution in [3.63, 3.8) is 0 Å². The van der Waals surface area contributed by atoms with Crippen LogP contribution in [0.25, 0.3) is 10.4 Å². The first-order valence-corrected chi connectivity index (χ1v) is 15.4. The number of ether oxygens (including phenoxy) is 2. The average Bonchev–Trinajstić information content (AvgIpc) is 3.46. The molecule has 0 radical (unpaired) electrons. The van der Waals surface area contributed by atoms with Gasteiger partial charge >= 0.3 is 0 Å². The van der Waals surface area contributed by atoms with Gasteiger partial charge in [-0.15, -0.1) is 0 Å². The van der Waals surface area contributed by atoms with Crippen molar-refractivity contribution in [3.8, 4) is 6.07 Å². The molecule has 236 valence electrons. The van der Waals surface area contributed by atoms with Crippen LogP contribution in [-0.4, -0.2) is 42.9 Å². The van der Waals surface area contributed by atoms with Gasteiger partial charge in [-0.1, -0.05) is 60.4 Å². The number of nitrogens with zero attached hydrogens (tertiary/aromatic N) is 4. The highest BCUT2D eigenvalue weighted by Gasteiger charge is 2.61. The van der Waals surface area contributed by atoms with Crippen molar-refractivity contribution in [2.75, 3.05) is 13.2 Å². The third kappa shape index (κ3) is 7.20. The Morgan fingerprint density at radius 3 is 2.66 bits per heavy atom. The van der Waals surface area contributed by atoms with Crippen molar-refractivity contribution in [1.82, 2.24) is 5.32 Å². The first-order chi connectivity index (χ1) is 20.7. The second-order valence-corrected chi connectivity index (χ2v) is 13.6. The van der Waals surface area contributed by atoms with Crippen molar-refractivity contribution in [2.24, 2.45) is 10.5 Å². The van der Waals surface area contributed by atoms with Gasteiger partial charge in [0.1, 0.15) is 22.8 Å². The zero-order chi connectivity index (χ0) is 32.3. The Bertz CT molecular complexity index is 1480. The molecule has 12 heteroatoms. The van der Waals surface area contributed by atoms with Crippen molar-refractivity contribution in [1.29, 1.82) is 5.26 Å². The maximum atomic E-state index is 15.9. The minimum Gasteiger partial charge on any atom is -0.348 e. The zero-order valence-corrected chi connectivity index (χ0v) is 26.8. The molecule has 4 rings (SSSR count). The lowest BCUT2D eigenvalue weighted by Crippen LogP contribution is -2.45. The van der Waals surface area contributed by atoms with E-state index in [1.807, 2.05) is 27.7 Å². The quantitative estimate of drug-likeness (QED) is 0.141. The standard InChI is InChI=1S/C32H37Cl2F2N5O3/c1-30(2,13-14-39-41-38)16-26-32(18-37,22-12-11-19(33)15-24(22)35)27(21-8-6-9-23(34)28(21)36)29(40-26)25(42)10-5-7-20-17-43-31(3,4)44-20/h6,8-9,11-12,15,20,26-27,29,40H,5,7,10,13-14,16-17H2,1-4H3/t20-,26-,27-,29-,32-/m0/s1. The molecule has 2 aliphatic heterocycles. The largest absolute Gasteiger partial charge is 0.348 e. The van der Waals surface area contributed by atoms with Gasteiger partial charge < -0.3 is 14.8 Å². The smallest absolute Gasteiger partial charge is 0.163 e. The predicted molar refractivity (Wildman–Crippen MR) is 164 cm³/mol. The third-order valence-corrected chi connectivity index (χ3v) is 9.23. The number of carbonyl (C=O) groups is 1. The maximum absolute atomic E-state index is 15.9. The molecule has 0 bridgehead atoms. The molecule has 0 amide bonds. The Hall–Kier alpha value is -2.77. The van der Waals surface area contributed by atoms with Crippen LogP contribution >= 0.6 is 23.2 Å². The molecule has 0 unspecified atom stereocenters. The molecule has 44 heavy (non-hydrogen) atoms. The summed E-state index contributed by atoms with van der Waals surface area (Å²) in [7, 11) is 0. The molecule has 2 aromatic carbocycles. The summed E-state index contributed by atoms with van der Waals surface area (Å²) in [5.41, 5.74) is 6.59. The second-order valence-electron chi connectivity index (χ2n) is 12.8. The Labute approximate surface area is 266 Å². The highest BCUT2D eigenvalue weighted by Crippen LogP contribution is 2.53. The normalized spacial score (nSPS) is 26.2. The number of benzene rings is 2. The fourth-order valence-electron chi connectivity index (χ4n) is 6.61. The van der Waals surface area contributed by atoms with Gasteiger partial charge in [0.25, 0.3) is 0 Å². The van der Waals surface area contributed by atoms with E-state index in [1.165, 1.54) is 24.3 Å². The van der Waals surface area contributed by atoms with E-state index in [0.29, 0.717) is 25.9 Å². The van der Waals surface area contributed by atoms with E-state index in [-0.39, 0.29) is 52.4 Å². The molecule has 1 N–H and O–H groups in total. The lowest BCUT2D eigenvalue weighted by atomic mass is 9.62. The Kier molecular flexibility index (Phi) is 10.6. The fourth-order valence-corrected chi connectivity index (χ4v) is 6.95. The van der Waals surface area contributed by atoms with Crippen molar-refractivity contribution in [3.05, 3.63) is 79.6 Å². The summed E-state index contributed by atoms with van der Waals surface area (Å²) in [4.78, 5) is 16.9. The number of nitrogens with one attached hydrogen (secondary N) is 1. The topological polar surface area (TPSA) is 120 Å². The summed E-state index contributed by atoms with van der Waals surface area (Å²) >= 11 is 12.3. The number of halogens is 4. The van der Waals surface area contributed by atoms with Gasteiger partial charge in [-0.2, -0.15) is 5.26 Å². The Morgan fingerprint density at radius 2 is 2.02 bits per heavy atom. The van der Waals surface area contributed by atoms with Crippen LogP contribution in [0.1, 0.15) is 76.8 Å². The SMILES string of the molecule is CC(C)(CCN=[N+]=[N-])C[C@@H]1N[C@@H](C(=O)CCC[C@H]2COC(C)(C)O2)[C@H](c2cccc(Cl)c2F)[C@@]1(C#N)c1ccc(Cl)cc1F. The van der Waals surface area contributed by atoms with E-state index in [4.69, 9.17) is 38.2 Å². The van der Waals surface area contributed by atoms with Crippen molar-refractivity contribution >= 4 is 29.0 Å². The number of rotatable bonds is 12. The van der Waals surface area contributed by atoms with Gasteiger partial charge in [-0.05, 0) is 74.2 Å². The molecule has 0 aliphatic carbocycles. The minimum absolute atomic E-state index is 0.00570. The maximum Gasteiger partial charge on any atom is 0.163 e. The second kappa shape index (κ2) is 13.7. The number of Topliss-reactive ketones (excluding diaryl/α,β-unsaturated/α-hetero) is 1. The van der Waals surface area contributed by atoms with E-state index >= 15 is 8.78 Å². The van der Waals surface area contributed by atoms with E-state index in [2.05, 4.69) is 21.4 Å². The van der Waals surface area contributed by atoms with E-state index in [0.717, 1.165) is 6.07 Å². The molecule has 0 spiro atoms. The zero-order valence-electron chi connectivity index (χ0n) is 25.2. The molecular formula is C32H37Cl2F2N5O3. The lowest BCUT2D eigenvalue weighted by molar-refractivity contribution is -0.139. The van der Waals surface area contributed by atoms with Crippen LogP contribution < -0.4 is 5.32 Å². The van der Waals surface area contributed by atoms with Crippen LogP contribution in [0.5, 0.6) is 0 Å². The van der Waals surface area contributed by atoms with Gasteiger partial charge in [0.15, 0.2) is 5.79 Å². The molecule has 2 saturated heterocycles. The van der Waals surface area contributed by atoms with Gasteiger partial charge in [0, 0.05) is 40.4 Å². The average molecular weight is 649 g/mol. The third-order valence-electron chi connectivity index (χ3n) is 8.70. The summed E-state index contributed by atoms with van der Waals surface area (Å²) in [5.74, 6) is -3.56. The molecular weight excluding hydrogens is 611 g/mol. The van der Waals surface area contributed by atoms with E-state index in [9.17, 15) is 10.1 Å². The molecule has 2 fully saturated rings. The first-order valence-electron chi connectivity index (χ1n) is 14.7. The minimum atomic E-state index is -1.73.